The topological polar surface area (TPSA) is 121 Å². The second-order valence-electron chi connectivity index (χ2n) is 7.22. The normalized spacial score (nSPS) is 14.0. The van der Waals surface area contributed by atoms with E-state index in [1.165, 1.54) is 6.20 Å². The van der Waals surface area contributed by atoms with Crippen LogP contribution in [0, 0.1) is 0 Å². The Morgan fingerprint density at radius 3 is 2.58 bits per heavy atom. The van der Waals surface area contributed by atoms with Crippen LogP contribution >= 0.6 is 0 Å². The van der Waals surface area contributed by atoms with Gasteiger partial charge in [-0.3, -0.25) is 4.79 Å². The Morgan fingerprint density at radius 2 is 2.00 bits per heavy atom. The molecule has 0 radical (unpaired) electrons. The fourth-order valence-corrected chi connectivity index (χ4v) is 6.59. The number of nitrogens with two attached hydrogens (primary N) is 2. The largest absolute Gasteiger partial charge is 0.368 e. The number of fused-ring (bicyclic) bond motifs is 1. The van der Waals surface area contributed by atoms with Gasteiger partial charge in [-0.05, 0) is 30.2 Å². The van der Waals surface area contributed by atoms with Crippen molar-refractivity contribution >= 4 is 34.9 Å². The van der Waals surface area contributed by atoms with Crippen LogP contribution in [0.2, 0.25) is 25.7 Å². The van der Waals surface area contributed by atoms with E-state index in [-0.39, 0.29) is 5.75 Å². The lowest BCUT2D eigenvalue weighted by Crippen LogP contribution is -2.38. The average Bonchev–Trinajstić information content (AvgIpc) is 2.88. The first-order valence-corrected chi connectivity index (χ1v) is 13.1. The predicted octanol–water partition coefficient (Wildman–Crippen LogP) is 0.908. The zero-order valence-electron chi connectivity index (χ0n) is 14.2. The van der Waals surface area contributed by atoms with Crippen LogP contribution < -0.4 is 11.5 Å². The standard InChI is InChI=1S/C15H24N4O3SSi/c1-24(2,3)7-6-23(21,22)19-14-5-4-11(8-12(14)10-18-19)9-13(16)15(17)20/h4-5,8,10,13H,6-7,9,16H2,1-3H3,(H2,17,20)/t13-/m0/s1. The van der Waals surface area contributed by atoms with Crippen LogP contribution in [0.25, 0.3) is 10.9 Å². The van der Waals surface area contributed by atoms with Gasteiger partial charge in [-0.25, -0.2) is 8.42 Å². The number of rotatable bonds is 7. The molecule has 4 N–H and O–H groups in total. The van der Waals surface area contributed by atoms with E-state index in [1.807, 2.05) is 0 Å². The first kappa shape index (κ1) is 18.6. The molecule has 0 aliphatic heterocycles. The molecule has 0 aliphatic carbocycles. The van der Waals surface area contributed by atoms with Gasteiger partial charge in [0.2, 0.25) is 5.91 Å². The molecule has 2 rings (SSSR count). The number of nitrogens with zero attached hydrogens (tertiary/aromatic N) is 2. The van der Waals surface area contributed by atoms with Crippen LogP contribution in [0.1, 0.15) is 5.56 Å². The molecule has 0 aliphatic rings. The van der Waals surface area contributed by atoms with E-state index < -0.39 is 30.0 Å². The van der Waals surface area contributed by atoms with Gasteiger partial charge in [-0.15, -0.1) is 0 Å². The number of hydrogen-bond donors (Lipinski definition) is 2. The number of primary amides is 1. The number of amides is 1. The van der Waals surface area contributed by atoms with E-state index in [2.05, 4.69) is 24.7 Å². The third-order valence-corrected chi connectivity index (χ3v) is 7.44. The third-order valence-electron chi connectivity index (χ3n) is 3.79. The van der Waals surface area contributed by atoms with E-state index in [9.17, 15) is 13.2 Å². The molecule has 1 amide bonds. The third kappa shape index (κ3) is 4.43. The van der Waals surface area contributed by atoms with E-state index in [1.54, 1.807) is 18.2 Å². The summed E-state index contributed by atoms with van der Waals surface area (Å²) in [4.78, 5) is 11.1. The molecule has 1 aromatic carbocycles. The maximum atomic E-state index is 12.5. The molecule has 0 bridgehead atoms. The zero-order valence-corrected chi connectivity index (χ0v) is 16.0. The SMILES string of the molecule is C[Si](C)(C)CCS(=O)(=O)n1ncc2cc(C[C@H](N)C(N)=O)ccc21. The minimum Gasteiger partial charge on any atom is -0.368 e. The summed E-state index contributed by atoms with van der Waals surface area (Å²) in [5.74, 6) is -0.479. The Balaban J connectivity index is 2.29. The molecule has 7 nitrogen and oxygen atoms in total. The van der Waals surface area contributed by atoms with Gasteiger partial charge in [0.05, 0.1) is 23.5 Å². The molecule has 2 aromatic rings. The molecule has 24 heavy (non-hydrogen) atoms. The molecule has 0 spiro atoms. The van der Waals surface area contributed by atoms with Gasteiger partial charge in [-0.2, -0.15) is 9.19 Å². The van der Waals surface area contributed by atoms with Crippen molar-refractivity contribution in [3.63, 3.8) is 0 Å². The van der Waals surface area contributed by atoms with E-state index in [0.29, 0.717) is 23.4 Å². The van der Waals surface area contributed by atoms with Crippen molar-refractivity contribution in [2.45, 2.75) is 38.1 Å². The Kier molecular flexibility index (Phi) is 5.16. The van der Waals surface area contributed by atoms with Crippen molar-refractivity contribution in [1.29, 1.82) is 0 Å². The highest BCUT2D eigenvalue weighted by Gasteiger charge is 2.22. The number of aromatic nitrogens is 2. The van der Waals surface area contributed by atoms with Gasteiger partial charge in [0.1, 0.15) is 0 Å². The van der Waals surface area contributed by atoms with Crippen molar-refractivity contribution in [1.82, 2.24) is 9.19 Å². The van der Waals surface area contributed by atoms with Crippen LogP contribution in [0.5, 0.6) is 0 Å². The van der Waals surface area contributed by atoms with Crippen LogP contribution in [0.3, 0.4) is 0 Å². The highest BCUT2D eigenvalue weighted by atomic mass is 32.2. The summed E-state index contributed by atoms with van der Waals surface area (Å²) in [5.41, 5.74) is 12.2. The molecule has 0 unspecified atom stereocenters. The number of hydrogen-bond acceptors (Lipinski definition) is 5. The second kappa shape index (κ2) is 6.65. The van der Waals surface area contributed by atoms with Gasteiger partial charge >= 0.3 is 0 Å². The summed E-state index contributed by atoms with van der Waals surface area (Å²) in [7, 11) is -4.95. The molecule has 1 heterocycles. The molecule has 0 saturated carbocycles. The molecule has 0 saturated heterocycles. The number of carbonyl (C=O) groups excluding carboxylic acids is 1. The molecular formula is C15H24N4O3SSi. The monoisotopic (exact) mass is 368 g/mol. The Morgan fingerprint density at radius 1 is 1.33 bits per heavy atom. The van der Waals surface area contributed by atoms with E-state index >= 15 is 0 Å². The van der Waals surface area contributed by atoms with Crippen molar-refractivity contribution in [2.24, 2.45) is 11.5 Å². The van der Waals surface area contributed by atoms with Crippen LogP contribution in [-0.4, -0.2) is 43.4 Å². The first-order valence-electron chi connectivity index (χ1n) is 7.74. The Bertz CT molecular complexity index is 855. The molecule has 0 fully saturated rings. The molecule has 1 aromatic heterocycles. The molecular weight excluding hydrogens is 344 g/mol. The average molecular weight is 369 g/mol. The Labute approximate surface area is 143 Å². The highest BCUT2D eigenvalue weighted by Crippen LogP contribution is 2.20. The minimum atomic E-state index is -3.48. The summed E-state index contributed by atoms with van der Waals surface area (Å²) in [5, 5.41) is 4.74. The predicted molar refractivity (Wildman–Crippen MR) is 97.9 cm³/mol. The van der Waals surface area contributed by atoms with Gasteiger partial charge in [0.15, 0.2) is 0 Å². The number of carbonyl (C=O) groups is 1. The Hall–Kier alpha value is -1.71. The molecule has 1 atom stereocenters. The minimum absolute atomic E-state index is 0.0911. The van der Waals surface area contributed by atoms with Crippen LogP contribution in [-0.2, 0) is 21.2 Å². The summed E-state index contributed by atoms with van der Waals surface area (Å²) in [6.07, 6.45) is 1.82. The summed E-state index contributed by atoms with van der Waals surface area (Å²) >= 11 is 0. The van der Waals surface area contributed by atoms with Crippen molar-refractivity contribution in [3.05, 3.63) is 30.0 Å². The summed E-state index contributed by atoms with van der Waals surface area (Å²) < 4.78 is 26.2. The second-order valence-corrected chi connectivity index (χ2v) is 14.8. The lowest BCUT2D eigenvalue weighted by atomic mass is 10.0. The number of benzene rings is 1. The van der Waals surface area contributed by atoms with Gasteiger partial charge in [0, 0.05) is 13.5 Å². The highest BCUT2D eigenvalue weighted by molar-refractivity contribution is 7.90. The van der Waals surface area contributed by atoms with Gasteiger partial charge in [-0.1, -0.05) is 25.7 Å². The maximum Gasteiger partial charge on any atom is 0.254 e. The van der Waals surface area contributed by atoms with Crippen molar-refractivity contribution in [3.8, 4) is 0 Å². The van der Waals surface area contributed by atoms with E-state index in [4.69, 9.17) is 11.5 Å². The smallest absolute Gasteiger partial charge is 0.254 e. The van der Waals surface area contributed by atoms with Crippen molar-refractivity contribution < 1.29 is 13.2 Å². The van der Waals surface area contributed by atoms with Crippen LogP contribution in [0.15, 0.2) is 24.4 Å². The fraction of sp³-hybridized carbons (Fsp3) is 0.467. The fourth-order valence-electron chi connectivity index (χ4n) is 2.28. The molecule has 9 heteroatoms. The summed E-state index contributed by atoms with van der Waals surface area (Å²) in [6, 6.07) is 5.14. The van der Waals surface area contributed by atoms with Crippen molar-refractivity contribution in [2.75, 3.05) is 5.75 Å². The molecule has 132 valence electrons. The lowest BCUT2D eigenvalue weighted by molar-refractivity contribution is -0.119. The zero-order chi connectivity index (χ0) is 18.1. The first-order chi connectivity index (χ1) is 11.0. The van der Waals surface area contributed by atoms with Gasteiger partial charge in [0.25, 0.3) is 10.0 Å². The van der Waals surface area contributed by atoms with E-state index in [0.717, 1.165) is 9.65 Å². The van der Waals surface area contributed by atoms with Gasteiger partial charge < -0.3 is 11.5 Å². The quantitative estimate of drug-likeness (QED) is 0.704. The lowest BCUT2D eigenvalue weighted by Gasteiger charge is -2.15. The van der Waals surface area contributed by atoms with Crippen LogP contribution in [0.4, 0.5) is 0 Å². The summed E-state index contributed by atoms with van der Waals surface area (Å²) in [6.45, 7) is 6.41. The maximum absolute atomic E-state index is 12.5.